The molecule has 0 fully saturated rings. The second kappa shape index (κ2) is 5.87. The van der Waals surface area contributed by atoms with E-state index in [2.05, 4.69) is 15.2 Å². The molecule has 0 aliphatic rings. The molecule has 2 rings (SSSR count). The number of carbonyl (C=O) groups is 1. The molecule has 24 heavy (non-hydrogen) atoms. The number of aromatic amines is 1. The number of sulfone groups is 1. The minimum atomic E-state index is -5.16. The van der Waals surface area contributed by atoms with E-state index in [1.165, 1.54) is 0 Å². The van der Waals surface area contributed by atoms with Gasteiger partial charge in [0, 0.05) is 5.69 Å². The summed E-state index contributed by atoms with van der Waals surface area (Å²) >= 11 is 0. The van der Waals surface area contributed by atoms with E-state index in [1.807, 2.05) is 5.32 Å². The first-order valence-electron chi connectivity index (χ1n) is 6.27. The van der Waals surface area contributed by atoms with Gasteiger partial charge in [-0.05, 0) is 31.2 Å². The van der Waals surface area contributed by atoms with Crippen LogP contribution in [0.1, 0.15) is 6.92 Å². The Morgan fingerprint density at radius 3 is 2.29 bits per heavy atom. The van der Waals surface area contributed by atoms with E-state index >= 15 is 0 Å². The van der Waals surface area contributed by atoms with Crippen LogP contribution in [0.25, 0.3) is 0 Å². The Morgan fingerprint density at radius 2 is 1.83 bits per heavy atom. The largest absolute Gasteiger partial charge is 0.426 e. The van der Waals surface area contributed by atoms with Crippen LogP contribution in [0.5, 0.6) is 0 Å². The van der Waals surface area contributed by atoms with Crippen molar-refractivity contribution >= 4 is 21.4 Å². The van der Waals surface area contributed by atoms with Gasteiger partial charge in [-0.25, -0.2) is 18.5 Å². The third-order valence-corrected chi connectivity index (χ3v) is 4.66. The zero-order valence-electron chi connectivity index (χ0n) is 12.0. The lowest BCUT2D eigenvalue weighted by molar-refractivity contribution is -0.242. The van der Waals surface area contributed by atoms with Gasteiger partial charge >= 0.3 is 6.18 Å². The molecule has 3 N–H and O–H groups in total. The number of H-pyrrole nitrogens is 1. The number of hydrogen-bond donors (Lipinski definition) is 3. The van der Waals surface area contributed by atoms with E-state index in [0.717, 1.165) is 30.6 Å². The summed E-state index contributed by atoms with van der Waals surface area (Å²) in [7, 11) is -3.96. The molecule has 2 aromatic rings. The van der Waals surface area contributed by atoms with Crippen LogP contribution in [0.3, 0.4) is 0 Å². The fourth-order valence-electron chi connectivity index (χ4n) is 1.53. The Balaban J connectivity index is 2.21. The van der Waals surface area contributed by atoms with Crippen LogP contribution >= 0.6 is 0 Å². The topological polar surface area (TPSA) is 125 Å². The highest BCUT2D eigenvalue weighted by Gasteiger charge is 2.55. The standard InChI is InChI=1S/C12H11F3N4O4S/c1-11(21,12(13,14)15)9(20)18-7-2-4-8(5-3-7)24(22,23)10-16-6-17-19-10/h2-6,21H,1H3,(H,18,20)(H,16,17,19). The van der Waals surface area contributed by atoms with E-state index in [0.29, 0.717) is 6.92 Å². The Kier molecular flexibility index (Phi) is 4.37. The van der Waals surface area contributed by atoms with Crippen molar-refractivity contribution in [3.05, 3.63) is 30.6 Å². The highest BCUT2D eigenvalue weighted by Crippen LogP contribution is 2.31. The molecule has 0 aliphatic heterocycles. The number of amides is 1. The molecule has 1 aromatic heterocycles. The summed E-state index contributed by atoms with van der Waals surface area (Å²) in [4.78, 5) is 14.8. The lowest BCUT2D eigenvalue weighted by Crippen LogP contribution is -2.52. The maximum Gasteiger partial charge on any atom is 0.426 e. The van der Waals surface area contributed by atoms with Gasteiger partial charge in [0.1, 0.15) is 6.33 Å². The molecule has 0 bridgehead atoms. The van der Waals surface area contributed by atoms with Crippen molar-refractivity contribution in [3.63, 3.8) is 0 Å². The zero-order chi connectivity index (χ0) is 18.2. The number of benzene rings is 1. The van der Waals surface area contributed by atoms with E-state index in [-0.39, 0.29) is 10.6 Å². The van der Waals surface area contributed by atoms with Crippen LogP contribution in [0.2, 0.25) is 0 Å². The van der Waals surface area contributed by atoms with Crippen LogP contribution in [-0.4, -0.2) is 46.4 Å². The zero-order valence-corrected chi connectivity index (χ0v) is 12.8. The molecular weight excluding hydrogens is 353 g/mol. The highest BCUT2D eigenvalue weighted by atomic mass is 32.2. The molecule has 1 amide bonds. The second-order valence-electron chi connectivity index (χ2n) is 4.84. The molecule has 1 aromatic carbocycles. The summed E-state index contributed by atoms with van der Waals surface area (Å²) in [5, 5.41) is 16.3. The van der Waals surface area contributed by atoms with Crippen molar-refractivity contribution in [3.8, 4) is 0 Å². The number of rotatable bonds is 4. The van der Waals surface area contributed by atoms with Crippen molar-refractivity contribution in [2.75, 3.05) is 5.32 Å². The summed E-state index contributed by atoms with van der Waals surface area (Å²) in [6, 6.07) is 4.28. The van der Waals surface area contributed by atoms with Crippen molar-refractivity contribution in [2.24, 2.45) is 0 Å². The SMILES string of the molecule is CC(O)(C(=O)Nc1ccc(S(=O)(=O)c2ncn[nH]2)cc1)C(F)(F)F. The second-order valence-corrected chi connectivity index (χ2v) is 6.71. The number of nitrogens with zero attached hydrogens (tertiary/aromatic N) is 2. The Morgan fingerprint density at radius 1 is 1.25 bits per heavy atom. The summed E-state index contributed by atoms with van der Waals surface area (Å²) in [6.45, 7) is 0.311. The molecule has 1 unspecified atom stereocenters. The first-order valence-corrected chi connectivity index (χ1v) is 7.75. The van der Waals surface area contributed by atoms with Crippen molar-refractivity contribution in [1.29, 1.82) is 0 Å². The number of anilines is 1. The summed E-state index contributed by atoms with van der Waals surface area (Å²) < 4.78 is 61.9. The average molecular weight is 364 g/mol. The van der Waals surface area contributed by atoms with Crippen LogP contribution < -0.4 is 5.32 Å². The number of carbonyl (C=O) groups excluding carboxylic acids is 1. The first-order chi connectivity index (χ1) is 11.0. The van der Waals surface area contributed by atoms with Gasteiger partial charge in [0.2, 0.25) is 20.6 Å². The number of nitrogens with one attached hydrogen (secondary N) is 2. The summed E-state index contributed by atoms with van der Waals surface area (Å²) in [5.41, 5.74) is -3.71. The fourth-order valence-corrected chi connectivity index (χ4v) is 2.61. The van der Waals surface area contributed by atoms with Crippen LogP contribution in [0.15, 0.2) is 40.6 Å². The average Bonchev–Trinajstić information content (AvgIpc) is 3.01. The predicted octanol–water partition coefficient (Wildman–Crippen LogP) is 0.889. The van der Waals surface area contributed by atoms with Gasteiger partial charge in [-0.2, -0.15) is 18.3 Å². The molecule has 8 nitrogen and oxygen atoms in total. The van der Waals surface area contributed by atoms with Crippen LogP contribution in [0.4, 0.5) is 18.9 Å². The van der Waals surface area contributed by atoms with Crippen molar-refractivity contribution in [2.45, 2.75) is 28.8 Å². The minimum Gasteiger partial charge on any atom is -0.373 e. The number of aliphatic hydroxyl groups is 1. The van der Waals surface area contributed by atoms with Gasteiger partial charge in [-0.1, -0.05) is 0 Å². The lowest BCUT2D eigenvalue weighted by Gasteiger charge is -2.24. The Hall–Kier alpha value is -2.47. The Labute approximate surface area is 133 Å². The predicted molar refractivity (Wildman–Crippen MR) is 73.6 cm³/mol. The van der Waals surface area contributed by atoms with Crippen LogP contribution in [0, 0.1) is 0 Å². The molecule has 0 aliphatic carbocycles. The lowest BCUT2D eigenvalue weighted by atomic mass is 10.1. The normalized spacial score (nSPS) is 14.9. The third-order valence-electron chi connectivity index (χ3n) is 3.06. The fraction of sp³-hybridized carbons (Fsp3) is 0.250. The Bertz CT molecular complexity index is 830. The molecule has 0 saturated carbocycles. The highest BCUT2D eigenvalue weighted by molar-refractivity contribution is 7.91. The minimum absolute atomic E-state index is 0.124. The van der Waals surface area contributed by atoms with Gasteiger partial charge in [-0.15, -0.1) is 0 Å². The molecule has 1 atom stereocenters. The maximum atomic E-state index is 12.6. The molecular formula is C12H11F3N4O4S. The first kappa shape index (κ1) is 17.9. The number of alkyl halides is 3. The molecule has 0 radical (unpaired) electrons. The third kappa shape index (κ3) is 3.23. The van der Waals surface area contributed by atoms with Crippen LogP contribution in [-0.2, 0) is 14.6 Å². The van der Waals surface area contributed by atoms with Gasteiger partial charge in [-0.3, -0.25) is 4.79 Å². The summed E-state index contributed by atoms with van der Waals surface area (Å²) in [6.07, 6.45) is -4.16. The smallest absolute Gasteiger partial charge is 0.373 e. The molecule has 1 heterocycles. The van der Waals surface area contributed by atoms with Gasteiger partial charge < -0.3 is 10.4 Å². The molecule has 130 valence electrons. The van der Waals surface area contributed by atoms with E-state index in [9.17, 15) is 31.5 Å². The van der Waals surface area contributed by atoms with Gasteiger partial charge in [0.05, 0.1) is 4.90 Å². The van der Waals surface area contributed by atoms with E-state index in [1.54, 1.807) is 0 Å². The monoisotopic (exact) mass is 364 g/mol. The molecule has 0 spiro atoms. The quantitative estimate of drug-likeness (QED) is 0.740. The number of aromatic nitrogens is 3. The number of hydrogen-bond acceptors (Lipinski definition) is 6. The van der Waals surface area contributed by atoms with Crippen molar-refractivity contribution < 1.29 is 31.5 Å². The van der Waals surface area contributed by atoms with Crippen molar-refractivity contribution in [1.82, 2.24) is 15.2 Å². The molecule has 12 heteroatoms. The van der Waals surface area contributed by atoms with E-state index < -0.39 is 32.7 Å². The molecule has 0 saturated heterocycles. The number of halogens is 3. The summed E-state index contributed by atoms with van der Waals surface area (Å²) in [5.74, 6) is -1.69. The van der Waals surface area contributed by atoms with Gasteiger partial charge in [0.15, 0.2) is 0 Å². The van der Waals surface area contributed by atoms with E-state index in [4.69, 9.17) is 0 Å². The van der Waals surface area contributed by atoms with Gasteiger partial charge in [0.25, 0.3) is 5.91 Å². The maximum absolute atomic E-state index is 12.6.